The first-order valence-corrected chi connectivity index (χ1v) is 5.49. The topological polar surface area (TPSA) is 64.7 Å². The molecule has 1 unspecified atom stereocenters. The van der Waals surface area contributed by atoms with Crippen LogP contribution in [-0.2, 0) is 6.42 Å². The molecule has 2 N–H and O–H groups in total. The maximum absolute atomic E-state index is 5.68. The monoisotopic (exact) mass is 266 g/mol. The number of rotatable bonds is 2. The molecule has 1 heterocycles. The molecular formula is C10H11BrN4. The van der Waals surface area contributed by atoms with Gasteiger partial charge in [0, 0.05) is 16.9 Å². The van der Waals surface area contributed by atoms with Crippen molar-refractivity contribution in [3.63, 3.8) is 0 Å². The van der Waals surface area contributed by atoms with E-state index in [1.54, 1.807) is 0 Å². The number of fused-ring (bicyclic) bond motifs is 1. The lowest BCUT2D eigenvalue weighted by atomic mass is 10.2. The zero-order chi connectivity index (χ0) is 10.8. The van der Waals surface area contributed by atoms with Crippen molar-refractivity contribution in [2.45, 2.75) is 19.4 Å². The molecule has 2 rings (SSSR count). The minimum absolute atomic E-state index is 0.0522. The van der Waals surface area contributed by atoms with Crippen LogP contribution < -0.4 is 5.73 Å². The lowest BCUT2D eigenvalue weighted by Crippen LogP contribution is -2.19. The van der Waals surface area contributed by atoms with Crippen LogP contribution in [0.3, 0.4) is 0 Å². The highest BCUT2D eigenvalue weighted by Crippen LogP contribution is 2.15. The van der Waals surface area contributed by atoms with Crippen LogP contribution in [0.25, 0.3) is 11.0 Å². The van der Waals surface area contributed by atoms with E-state index in [4.69, 9.17) is 5.73 Å². The molecular weight excluding hydrogens is 256 g/mol. The van der Waals surface area contributed by atoms with E-state index in [1.165, 1.54) is 0 Å². The molecule has 0 amide bonds. The van der Waals surface area contributed by atoms with E-state index in [0.29, 0.717) is 12.2 Å². The van der Waals surface area contributed by atoms with Gasteiger partial charge >= 0.3 is 0 Å². The summed E-state index contributed by atoms with van der Waals surface area (Å²) in [5.41, 5.74) is 7.32. The molecule has 4 nitrogen and oxygen atoms in total. The Morgan fingerprint density at radius 1 is 1.33 bits per heavy atom. The van der Waals surface area contributed by atoms with Gasteiger partial charge in [-0.1, -0.05) is 15.9 Å². The molecule has 15 heavy (non-hydrogen) atoms. The molecule has 78 valence electrons. The van der Waals surface area contributed by atoms with Gasteiger partial charge in [-0.25, -0.2) is 4.98 Å². The Morgan fingerprint density at radius 3 is 2.87 bits per heavy atom. The maximum atomic E-state index is 5.68. The quantitative estimate of drug-likeness (QED) is 0.899. The van der Waals surface area contributed by atoms with Crippen molar-refractivity contribution in [1.82, 2.24) is 15.2 Å². The molecule has 0 radical (unpaired) electrons. The van der Waals surface area contributed by atoms with Gasteiger partial charge in [-0.2, -0.15) is 0 Å². The van der Waals surface area contributed by atoms with Crippen LogP contribution >= 0.6 is 15.9 Å². The highest BCUT2D eigenvalue weighted by atomic mass is 79.9. The molecule has 0 aliphatic heterocycles. The van der Waals surface area contributed by atoms with E-state index in [-0.39, 0.29) is 6.04 Å². The van der Waals surface area contributed by atoms with Crippen molar-refractivity contribution in [2.75, 3.05) is 0 Å². The minimum atomic E-state index is 0.0522. The Morgan fingerprint density at radius 2 is 2.13 bits per heavy atom. The Kier molecular flexibility index (Phi) is 2.93. The van der Waals surface area contributed by atoms with Crippen LogP contribution in [-0.4, -0.2) is 21.2 Å². The summed E-state index contributed by atoms with van der Waals surface area (Å²) in [6.45, 7) is 1.93. The van der Waals surface area contributed by atoms with Crippen molar-refractivity contribution in [3.05, 3.63) is 28.5 Å². The summed E-state index contributed by atoms with van der Waals surface area (Å²) < 4.78 is 0.988. The van der Waals surface area contributed by atoms with Crippen LogP contribution in [0.1, 0.15) is 12.7 Å². The summed E-state index contributed by atoms with van der Waals surface area (Å²) in [5.74, 6) is 0.690. The summed E-state index contributed by atoms with van der Waals surface area (Å²) in [6.07, 6.45) is 0.648. The molecule has 0 fully saturated rings. The third-order valence-corrected chi connectivity index (χ3v) is 2.46. The average molecular weight is 267 g/mol. The molecule has 0 saturated heterocycles. The van der Waals surface area contributed by atoms with Gasteiger partial charge in [-0.05, 0) is 25.1 Å². The molecule has 1 aromatic carbocycles. The molecule has 2 aromatic rings. The van der Waals surface area contributed by atoms with Gasteiger partial charge in [-0.15, -0.1) is 10.2 Å². The molecule has 1 atom stereocenters. The highest BCUT2D eigenvalue weighted by molar-refractivity contribution is 9.10. The SMILES string of the molecule is CC(N)Cc1nnc2ccc(Br)cc2n1. The number of nitrogens with zero attached hydrogens (tertiary/aromatic N) is 3. The van der Waals surface area contributed by atoms with Gasteiger partial charge in [0.25, 0.3) is 0 Å². The smallest absolute Gasteiger partial charge is 0.153 e. The zero-order valence-electron chi connectivity index (χ0n) is 8.31. The van der Waals surface area contributed by atoms with E-state index in [1.807, 2.05) is 25.1 Å². The molecule has 0 spiro atoms. The van der Waals surface area contributed by atoms with E-state index in [9.17, 15) is 0 Å². The van der Waals surface area contributed by atoms with Crippen molar-refractivity contribution < 1.29 is 0 Å². The number of hydrogen-bond donors (Lipinski definition) is 1. The second kappa shape index (κ2) is 4.20. The first kappa shape index (κ1) is 10.4. The molecule has 5 heteroatoms. The fourth-order valence-electron chi connectivity index (χ4n) is 1.32. The first-order chi connectivity index (χ1) is 7.15. The number of halogens is 1. The molecule has 1 aromatic heterocycles. The summed E-state index contributed by atoms with van der Waals surface area (Å²) in [6, 6.07) is 5.78. The third kappa shape index (κ3) is 2.49. The summed E-state index contributed by atoms with van der Waals surface area (Å²) >= 11 is 3.39. The van der Waals surface area contributed by atoms with Crippen molar-refractivity contribution in [3.8, 4) is 0 Å². The van der Waals surface area contributed by atoms with E-state index in [0.717, 1.165) is 15.5 Å². The normalized spacial score (nSPS) is 13.0. The van der Waals surface area contributed by atoms with Gasteiger partial charge in [0.15, 0.2) is 5.82 Å². The predicted octanol–water partition coefficient (Wildman–Crippen LogP) is 1.68. The van der Waals surface area contributed by atoms with Crippen molar-refractivity contribution >= 4 is 27.0 Å². The standard InChI is InChI=1S/C10H11BrN4/c1-6(12)4-10-13-9-5-7(11)2-3-8(9)14-15-10/h2-3,5-6H,4,12H2,1H3. The largest absolute Gasteiger partial charge is 0.328 e. The average Bonchev–Trinajstić information content (AvgIpc) is 2.16. The second-order valence-corrected chi connectivity index (χ2v) is 4.46. The number of hydrogen-bond acceptors (Lipinski definition) is 4. The Bertz CT molecular complexity index is 484. The van der Waals surface area contributed by atoms with Gasteiger partial charge in [0.05, 0.1) is 5.52 Å². The van der Waals surface area contributed by atoms with Gasteiger partial charge in [-0.3, -0.25) is 0 Å². The van der Waals surface area contributed by atoms with Crippen LogP contribution in [0, 0.1) is 0 Å². The number of aromatic nitrogens is 3. The lowest BCUT2D eigenvalue weighted by Gasteiger charge is -2.03. The second-order valence-electron chi connectivity index (χ2n) is 3.54. The fraction of sp³-hybridized carbons (Fsp3) is 0.300. The Balaban J connectivity index is 2.45. The molecule has 0 bridgehead atoms. The Hall–Kier alpha value is -1.07. The van der Waals surface area contributed by atoms with Crippen LogP contribution in [0.2, 0.25) is 0 Å². The van der Waals surface area contributed by atoms with Crippen molar-refractivity contribution in [1.29, 1.82) is 0 Å². The van der Waals surface area contributed by atoms with E-state index >= 15 is 0 Å². The van der Waals surface area contributed by atoms with Gasteiger partial charge in [0.2, 0.25) is 0 Å². The minimum Gasteiger partial charge on any atom is -0.328 e. The Labute approximate surface area is 96.0 Å². The van der Waals surface area contributed by atoms with Gasteiger partial charge in [0.1, 0.15) is 5.52 Å². The predicted molar refractivity (Wildman–Crippen MR) is 62.4 cm³/mol. The fourth-order valence-corrected chi connectivity index (χ4v) is 1.67. The first-order valence-electron chi connectivity index (χ1n) is 4.69. The molecule has 0 aliphatic rings. The summed E-state index contributed by atoms with van der Waals surface area (Å²) in [4.78, 5) is 4.39. The zero-order valence-corrected chi connectivity index (χ0v) is 9.90. The van der Waals surface area contributed by atoms with Crippen LogP contribution in [0.5, 0.6) is 0 Å². The summed E-state index contributed by atoms with van der Waals surface area (Å²) in [5, 5.41) is 8.11. The van der Waals surface area contributed by atoms with Crippen LogP contribution in [0.15, 0.2) is 22.7 Å². The van der Waals surface area contributed by atoms with Gasteiger partial charge < -0.3 is 5.73 Å². The maximum Gasteiger partial charge on any atom is 0.153 e. The molecule has 0 aliphatic carbocycles. The van der Waals surface area contributed by atoms with E-state index < -0.39 is 0 Å². The van der Waals surface area contributed by atoms with Crippen LogP contribution in [0.4, 0.5) is 0 Å². The lowest BCUT2D eigenvalue weighted by molar-refractivity contribution is 0.692. The van der Waals surface area contributed by atoms with E-state index in [2.05, 4.69) is 31.1 Å². The highest BCUT2D eigenvalue weighted by Gasteiger charge is 2.04. The third-order valence-electron chi connectivity index (χ3n) is 1.96. The molecule has 0 saturated carbocycles. The number of benzene rings is 1. The van der Waals surface area contributed by atoms with Crippen molar-refractivity contribution in [2.24, 2.45) is 5.73 Å². The number of nitrogens with two attached hydrogens (primary N) is 1. The summed E-state index contributed by atoms with van der Waals surface area (Å²) in [7, 11) is 0.